The number of benzene rings is 1. The number of carboxylic acid groups (broad SMARTS) is 1. The lowest BCUT2D eigenvalue weighted by Crippen LogP contribution is -2.20. The van der Waals surface area contributed by atoms with Gasteiger partial charge >= 0.3 is 5.97 Å². The van der Waals surface area contributed by atoms with Gasteiger partial charge in [-0.1, -0.05) is 25.4 Å². The maximum atomic E-state index is 11.0. The Balaban J connectivity index is 2.99. The molecule has 0 fully saturated rings. The van der Waals surface area contributed by atoms with E-state index in [1.807, 2.05) is 20.8 Å². The van der Waals surface area contributed by atoms with Gasteiger partial charge in [0, 0.05) is 5.02 Å². The highest BCUT2D eigenvalue weighted by Gasteiger charge is 2.16. The second-order valence-corrected chi connectivity index (χ2v) is 4.45. The van der Waals surface area contributed by atoms with Crippen LogP contribution in [0.15, 0.2) is 18.2 Å². The topological polar surface area (TPSA) is 46.5 Å². The van der Waals surface area contributed by atoms with Crippen LogP contribution >= 0.6 is 11.6 Å². The Hall–Kier alpha value is -1.22. The quantitative estimate of drug-likeness (QED) is 0.880. The van der Waals surface area contributed by atoms with Crippen molar-refractivity contribution < 1.29 is 14.6 Å². The van der Waals surface area contributed by atoms with Gasteiger partial charge in [0.05, 0.1) is 6.10 Å². The molecule has 1 atom stereocenters. The lowest BCUT2D eigenvalue weighted by molar-refractivity contribution is 0.0687. The summed E-state index contributed by atoms with van der Waals surface area (Å²) in [6, 6.07) is 4.60. The van der Waals surface area contributed by atoms with Gasteiger partial charge in [-0.2, -0.15) is 0 Å². The molecular weight excluding hydrogens is 228 g/mol. The van der Waals surface area contributed by atoms with Gasteiger partial charge in [-0.05, 0) is 31.0 Å². The molecule has 0 saturated carbocycles. The molecule has 1 rings (SSSR count). The zero-order valence-electron chi connectivity index (χ0n) is 9.53. The molecule has 4 heteroatoms. The van der Waals surface area contributed by atoms with Crippen LogP contribution in [0, 0.1) is 5.92 Å². The number of rotatable bonds is 4. The standard InChI is InChI=1S/C12H15ClO3/c1-7(2)8(3)16-11-5-4-9(13)6-10(11)12(14)15/h4-8H,1-3H3,(H,14,15). The molecule has 3 nitrogen and oxygen atoms in total. The Morgan fingerprint density at radius 2 is 2.00 bits per heavy atom. The number of hydrogen-bond donors (Lipinski definition) is 1. The van der Waals surface area contributed by atoms with Crippen molar-refractivity contribution in [3.8, 4) is 5.75 Å². The molecule has 16 heavy (non-hydrogen) atoms. The zero-order chi connectivity index (χ0) is 12.3. The molecule has 0 saturated heterocycles. The van der Waals surface area contributed by atoms with Crippen LogP contribution in [-0.2, 0) is 0 Å². The lowest BCUT2D eigenvalue weighted by Gasteiger charge is -2.19. The molecule has 88 valence electrons. The van der Waals surface area contributed by atoms with E-state index in [2.05, 4.69) is 0 Å². The minimum absolute atomic E-state index is 0.0423. The molecule has 0 heterocycles. The van der Waals surface area contributed by atoms with Gasteiger partial charge in [0.25, 0.3) is 0 Å². The molecule has 1 unspecified atom stereocenters. The average Bonchev–Trinajstić information content (AvgIpc) is 2.20. The van der Waals surface area contributed by atoms with E-state index in [-0.39, 0.29) is 11.7 Å². The van der Waals surface area contributed by atoms with E-state index in [9.17, 15) is 4.79 Å². The van der Waals surface area contributed by atoms with Crippen molar-refractivity contribution in [2.45, 2.75) is 26.9 Å². The molecular formula is C12H15ClO3. The van der Waals surface area contributed by atoms with Gasteiger partial charge in [-0.15, -0.1) is 0 Å². The van der Waals surface area contributed by atoms with Gasteiger partial charge in [0.15, 0.2) is 0 Å². The van der Waals surface area contributed by atoms with E-state index in [0.29, 0.717) is 16.7 Å². The normalized spacial score (nSPS) is 12.6. The van der Waals surface area contributed by atoms with Gasteiger partial charge in [-0.25, -0.2) is 4.79 Å². The number of aromatic carboxylic acids is 1. The predicted molar refractivity (Wildman–Crippen MR) is 63.3 cm³/mol. The minimum atomic E-state index is -1.03. The lowest BCUT2D eigenvalue weighted by atomic mass is 10.1. The number of ether oxygens (including phenoxy) is 1. The Morgan fingerprint density at radius 3 is 2.50 bits per heavy atom. The molecule has 0 aliphatic heterocycles. The van der Waals surface area contributed by atoms with E-state index in [1.165, 1.54) is 6.07 Å². The maximum Gasteiger partial charge on any atom is 0.339 e. The molecule has 0 aliphatic carbocycles. The fraction of sp³-hybridized carbons (Fsp3) is 0.417. The number of halogens is 1. The fourth-order valence-corrected chi connectivity index (χ4v) is 1.28. The molecule has 1 aromatic carbocycles. The largest absolute Gasteiger partial charge is 0.490 e. The minimum Gasteiger partial charge on any atom is -0.490 e. The first kappa shape index (κ1) is 12.8. The Kier molecular flexibility index (Phi) is 4.19. The van der Waals surface area contributed by atoms with E-state index < -0.39 is 5.97 Å². The zero-order valence-corrected chi connectivity index (χ0v) is 10.3. The molecule has 0 aromatic heterocycles. The molecule has 0 aliphatic rings. The van der Waals surface area contributed by atoms with Crippen molar-refractivity contribution in [1.82, 2.24) is 0 Å². The smallest absolute Gasteiger partial charge is 0.339 e. The molecule has 0 amide bonds. The summed E-state index contributed by atoms with van der Waals surface area (Å²) in [5, 5.41) is 9.39. The van der Waals surface area contributed by atoms with Crippen molar-refractivity contribution in [3.05, 3.63) is 28.8 Å². The van der Waals surface area contributed by atoms with Crippen molar-refractivity contribution in [2.24, 2.45) is 5.92 Å². The predicted octanol–water partition coefficient (Wildman–Crippen LogP) is 3.46. The second-order valence-electron chi connectivity index (χ2n) is 4.01. The Bertz CT molecular complexity index is 388. The molecule has 0 radical (unpaired) electrons. The summed E-state index contributed by atoms with van der Waals surface area (Å²) < 4.78 is 5.58. The summed E-state index contributed by atoms with van der Waals surface area (Å²) >= 11 is 5.74. The van der Waals surface area contributed by atoms with Crippen molar-refractivity contribution in [1.29, 1.82) is 0 Å². The van der Waals surface area contributed by atoms with Crippen LogP contribution in [0.2, 0.25) is 5.02 Å². The molecule has 1 N–H and O–H groups in total. The summed E-state index contributed by atoms with van der Waals surface area (Å²) in [6.07, 6.45) is -0.0423. The highest BCUT2D eigenvalue weighted by atomic mass is 35.5. The second kappa shape index (κ2) is 5.21. The summed E-state index contributed by atoms with van der Waals surface area (Å²) in [7, 11) is 0. The number of hydrogen-bond acceptors (Lipinski definition) is 2. The van der Waals surface area contributed by atoms with Crippen molar-refractivity contribution >= 4 is 17.6 Å². The molecule has 1 aromatic rings. The van der Waals surface area contributed by atoms with Gasteiger partial charge < -0.3 is 9.84 Å². The third kappa shape index (κ3) is 3.14. The Morgan fingerprint density at radius 1 is 1.38 bits per heavy atom. The summed E-state index contributed by atoms with van der Waals surface area (Å²) in [5.41, 5.74) is 0.0972. The Labute approximate surface area is 100.0 Å². The van der Waals surface area contributed by atoms with Crippen LogP contribution in [0.25, 0.3) is 0 Å². The van der Waals surface area contributed by atoms with Gasteiger partial charge in [-0.3, -0.25) is 0 Å². The van der Waals surface area contributed by atoms with E-state index in [0.717, 1.165) is 0 Å². The fourth-order valence-electron chi connectivity index (χ4n) is 1.11. The number of carbonyl (C=O) groups is 1. The van der Waals surface area contributed by atoms with E-state index in [1.54, 1.807) is 12.1 Å². The van der Waals surface area contributed by atoms with Crippen LogP contribution in [0.5, 0.6) is 5.75 Å². The van der Waals surface area contributed by atoms with Gasteiger partial charge in [0.2, 0.25) is 0 Å². The van der Waals surface area contributed by atoms with Gasteiger partial charge in [0.1, 0.15) is 11.3 Å². The van der Waals surface area contributed by atoms with E-state index >= 15 is 0 Å². The third-order valence-corrected chi connectivity index (χ3v) is 2.66. The summed E-state index contributed by atoms with van der Waals surface area (Å²) in [6.45, 7) is 5.94. The first-order chi connectivity index (χ1) is 7.41. The van der Waals surface area contributed by atoms with Crippen LogP contribution in [0.1, 0.15) is 31.1 Å². The first-order valence-corrected chi connectivity index (χ1v) is 5.49. The molecule has 0 bridgehead atoms. The van der Waals surface area contributed by atoms with Crippen LogP contribution < -0.4 is 4.74 Å². The average molecular weight is 243 g/mol. The van der Waals surface area contributed by atoms with Crippen LogP contribution in [-0.4, -0.2) is 17.2 Å². The summed E-state index contributed by atoms with van der Waals surface area (Å²) in [5.74, 6) is -0.358. The van der Waals surface area contributed by atoms with Crippen molar-refractivity contribution in [3.63, 3.8) is 0 Å². The van der Waals surface area contributed by atoms with Crippen LogP contribution in [0.4, 0.5) is 0 Å². The molecule has 0 spiro atoms. The van der Waals surface area contributed by atoms with Crippen molar-refractivity contribution in [2.75, 3.05) is 0 Å². The highest BCUT2D eigenvalue weighted by molar-refractivity contribution is 6.31. The first-order valence-electron chi connectivity index (χ1n) is 5.11. The summed E-state index contributed by atoms with van der Waals surface area (Å²) in [4.78, 5) is 11.0. The highest BCUT2D eigenvalue weighted by Crippen LogP contribution is 2.25. The third-order valence-electron chi connectivity index (χ3n) is 2.42. The maximum absolute atomic E-state index is 11.0. The van der Waals surface area contributed by atoms with Crippen LogP contribution in [0.3, 0.4) is 0 Å². The monoisotopic (exact) mass is 242 g/mol. The number of carboxylic acids is 1. The SMILES string of the molecule is CC(C)C(C)Oc1ccc(Cl)cc1C(=O)O. The van der Waals surface area contributed by atoms with E-state index in [4.69, 9.17) is 21.4 Å².